The first kappa shape index (κ1) is 36.5. The average Bonchev–Trinajstić information content (AvgIpc) is 2.93. The van der Waals surface area contributed by atoms with E-state index in [0.29, 0.717) is 17.2 Å². The molecule has 42 heavy (non-hydrogen) atoms. The fourth-order valence-electron chi connectivity index (χ4n) is 3.71. The van der Waals surface area contributed by atoms with Crippen molar-refractivity contribution < 1.29 is 26.7 Å². The molecule has 1 heterocycles. The molecule has 1 unspecified atom stereocenters. The van der Waals surface area contributed by atoms with Crippen molar-refractivity contribution in [1.29, 1.82) is 0 Å². The predicted octanol–water partition coefficient (Wildman–Crippen LogP) is 9.74. The van der Waals surface area contributed by atoms with Crippen LogP contribution in [0.15, 0.2) is 67.3 Å². The highest BCUT2D eigenvalue weighted by Crippen LogP contribution is 2.23. The Balaban J connectivity index is 0.000000495. The van der Waals surface area contributed by atoms with Gasteiger partial charge in [-0.15, -0.1) is 0 Å². The summed E-state index contributed by atoms with van der Waals surface area (Å²) in [5.74, 6) is -3.21. The zero-order chi connectivity index (χ0) is 31.9. The number of benzene rings is 1. The summed E-state index contributed by atoms with van der Waals surface area (Å²) < 4.78 is 67.1. The number of rotatable bonds is 14. The monoisotopic (exact) mass is 593 g/mol. The molecule has 9 heteroatoms. The summed E-state index contributed by atoms with van der Waals surface area (Å²) in [5.41, 5.74) is 4.83. The van der Waals surface area contributed by atoms with Gasteiger partial charge in [0.1, 0.15) is 0 Å². The van der Waals surface area contributed by atoms with Crippen LogP contribution in [0.4, 0.5) is 22.0 Å². The Bertz CT molecular complexity index is 1160. The van der Waals surface area contributed by atoms with Crippen molar-refractivity contribution in [3.63, 3.8) is 0 Å². The molecule has 0 fully saturated rings. The number of hydrogen-bond acceptors (Lipinski definition) is 4. The molecular formula is C33H44F5N3O. The van der Waals surface area contributed by atoms with E-state index >= 15 is 0 Å². The number of alkyl halides is 5. The summed E-state index contributed by atoms with van der Waals surface area (Å²) in [6, 6.07) is 10.7. The number of halogens is 5. The number of hydrogen-bond donors (Lipinski definition) is 1. The molecule has 0 aliphatic carbocycles. The molecular weight excluding hydrogens is 549 g/mol. The molecule has 1 atom stereocenters. The van der Waals surface area contributed by atoms with Crippen molar-refractivity contribution in [2.75, 3.05) is 13.7 Å². The standard InChI is InChI=1S/C22H32F2N2O.C11H12F3N/c1-7-8-9-10-16(2)15-25-17(3)19-11-13-20(14-12-19)18(4)26-21(27-6)22(5,23)24;1-8(2)9-3-4-10(15-7-9)5-6-11(12,13)14/h11-14,16,25H,3-4,7-10,15H2,1-2,5-6H3;3-4,7H,1,5-6H2,2H3. The summed E-state index contributed by atoms with van der Waals surface area (Å²) in [7, 11) is 1.17. The molecule has 1 N–H and O–H groups in total. The molecule has 0 amide bonds. The van der Waals surface area contributed by atoms with Crippen molar-refractivity contribution in [2.45, 2.75) is 78.3 Å². The first-order valence-electron chi connectivity index (χ1n) is 14.0. The maximum Gasteiger partial charge on any atom is 0.389 e. The second-order valence-electron chi connectivity index (χ2n) is 10.4. The molecule has 2 aromatic rings. The third-order valence-electron chi connectivity index (χ3n) is 6.32. The van der Waals surface area contributed by atoms with E-state index in [1.54, 1.807) is 30.5 Å². The number of allylic oxidation sites excluding steroid dienone is 1. The average molecular weight is 594 g/mol. The maximum atomic E-state index is 13.4. The quantitative estimate of drug-likeness (QED) is 0.103. The van der Waals surface area contributed by atoms with Crippen LogP contribution in [0.3, 0.4) is 0 Å². The zero-order valence-corrected chi connectivity index (χ0v) is 25.4. The van der Waals surface area contributed by atoms with E-state index in [2.05, 4.69) is 53.6 Å². The molecule has 0 spiro atoms. The van der Waals surface area contributed by atoms with Gasteiger partial charge in [-0.25, -0.2) is 4.99 Å². The van der Waals surface area contributed by atoms with E-state index in [0.717, 1.165) is 35.9 Å². The highest BCUT2D eigenvalue weighted by atomic mass is 19.4. The SMILES string of the molecule is C=C(C)c1ccc(CCC(F)(F)F)nc1.C=C(N=C(OC)C(C)(F)F)c1ccc(C(=C)NCC(C)CCCCC)cc1. The number of methoxy groups -OCH3 is 1. The van der Waals surface area contributed by atoms with E-state index in [1.165, 1.54) is 32.8 Å². The minimum atomic E-state index is -4.12. The van der Waals surface area contributed by atoms with Gasteiger partial charge < -0.3 is 10.1 Å². The van der Waals surface area contributed by atoms with Gasteiger partial charge in [-0.05, 0) is 54.0 Å². The van der Waals surface area contributed by atoms with E-state index < -0.39 is 24.4 Å². The number of nitrogens with one attached hydrogen (secondary N) is 1. The van der Waals surface area contributed by atoms with E-state index in [4.69, 9.17) is 0 Å². The van der Waals surface area contributed by atoms with Gasteiger partial charge in [0.15, 0.2) is 0 Å². The van der Waals surface area contributed by atoms with Gasteiger partial charge in [0.05, 0.1) is 12.8 Å². The van der Waals surface area contributed by atoms with Crippen LogP contribution in [-0.4, -0.2) is 36.6 Å². The van der Waals surface area contributed by atoms with Crippen LogP contribution in [0, 0.1) is 5.92 Å². The van der Waals surface area contributed by atoms with Crippen molar-refractivity contribution in [3.05, 3.63) is 84.7 Å². The van der Waals surface area contributed by atoms with Crippen LogP contribution in [0.25, 0.3) is 17.0 Å². The second kappa shape index (κ2) is 17.5. The van der Waals surface area contributed by atoms with Crippen LogP contribution >= 0.6 is 0 Å². The lowest BCUT2D eigenvalue weighted by atomic mass is 10.0. The minimum Gasteiger partial charge on any atom is -0.480 e. The third-order valence-corrected chi connectivity index (χ3v) is 6.32. The number of pyridine rings is 1. The summed E-state index contributed by atoms with van der Waals surface area (Å²) in [6.07, 6.45) is 1.50. The number of nitrogens with zero attached hydrogens (tertiary/aromatic N) is 2. The highest BCUT2D eigenvalue weighted by Gasteiger charge is 2.31. The number of ether oxygens (including phenoxy) is 1. The number of aromatic nitrogens is 1. The number of unbranched alkanes of at least 4 members (excludes halogenated alkanes) is 2. The zero-order valence-electron chi connectivity index (χ0n) is 25.4. The third kappa shape index (κ3) is 14.4. The Hall–Kier alpha value is -3.49. The Kier molecular flexibility index (Phi) is 15.2. The fraction of sp³-hybridized carbons (Fsp3) is 0.455. The Morgan fingerprint density at radius 2 is 1.57 bits per heavy atom. The molecule has 4 nitrogen and oxygen atoms in total. The van der Waals surface area contributed by atoms with Crippen molar-refractivity contribution in [1.82, 2.24) is 10.3 Å². The lowest BCUT2D eigenvalue weighted by Crippen LogP contribution is -2.26. The molecule has 1 aromatic carbocycles. The Labute approximate surface area is 247 Å². The van der Waals surface area contributed by atoms with Crippen LogP contribution in [-0.2, 0) is 11.2 Å². The molecule has 2 rings (SSSR count). The highest BCUT2D eigenvalue weighted by molar-refractivity contribution is 5.88. The molecule has 0 saturated carbocycles. The van der Waals surface area contributed by atoms with Gasteiger partial charge in [0.25, 0.3) is 5.90 Å². The molecule has 0 aliphatic rings. The van der Waals surface area contributed by atoms with Crippen LogP contribution in [0.5, 0.6) is 0 Å². The largest absolute Gasteiger partial charge is 0.480 e. The van der Waals surface area contributed by atoms with Gasteiger partial charge >= 0.3 is 12.1 Å². The second-order valence-corrected chi connectivity index (χ2v) is 10.4. The van der Waals surface area contributed by atoms with Crippen molar-refractivity contribution >= 4 is 22.9 Å². The predicted molar refractivity (Wildman–Crippen MR) is 164 cm³/mol. The molecule has 0 saturated heterocycles. The summed E-state index contributed by atoms with van der Waals surface area (Å²) in [5, 5.41) is 3.37. The van der Waals surface area contributed by atoms with Crippen LogP contribution in [0.1, 0.15) is 82.2 Å². The summed E-state index contributed by atoms with van der Waals surface area (Å²) in [6.45, 7) is 19.4. The summed E-state index contributed by atoms with van der Waals surface area (Å²) in [4.78, 5) is 7.76. The maximum absolute atomic E-state index is 13.4. The number of aliphatic imine (C=N–C) groups is 1. The molecule has 1 aromatic heterocycles. The van der Waals surface area contributed by atoms with Crippen LogP contribution < -0.4 is 5.32 Å². The minimum absolute atomic E-state index is 0.0695. The topological polar surface area (TPSA) is 46.5 Å². The van der Waals surface area contributed by atoms with Crippen molar-refractivity contribution in [2.24, 2.45) is 10.9 Å². The lowest BCUT2D eigenvalue weighted by Gasteiger charge is -2.16. The van der Waals surface area contributed by atoms with Gasteiger partial charge in [-0.3, -0.25) is 4.98 Å². The van der Waals surface area contributed by atoms with Crippen molar-refractivity contribution in [3.8, 4) is 0 Å². The summed E-state index contributed by atoms with van der Waals surface area (Å²) >= 11 is 0. The fourth-order valence-corrected chi connectivity index (χ4v) is 3.71. The number of aryl methyl sites for hydroxylation is 1. The van der Waals surface area contributed by atoms with E-state index in [9.17, 15) is 22.0 Å². The molecule has 0 radical (unpaired) electrons. The first-order chi connectivity index (χ1) is 19.6. The van der Waals surface area contributed by atoms with Gasteiger partial charge in [-0.1, -0.05) is 83.2 Å². The molecule has 232 valence electrons. The molecule has 0 aliphatic heterocycles. The normalized spacial score (nSPS) is 12.6. The van der Waals surface area contributed by atoms with Gasteiger partial charge in [-0.2, -0.15) is 22.0 Å². The van der Waals surface area contributed by atoms with Gasteiger partial charge in [0, 0.05) is 37.5 Å². The van der Waals surface area contributed by atoms with E-state index in [1.807, 2.05) is 19.1 Å². The lowest BCUT2D eigenvalue weighted by molar-refractivity contribution is -0.134. The van der Waals surface area contributed by atoms with E-state index in [-0.39, 0.29) is 12.1 Å². The van der Waals surface area contributed by atoms with Gasteiger partial charge in [0.2, 0.25) is 0 Å². The smallest absolute Gasteiger partial charge is 0.389 e. The Morgan fingerprint density at radius 1 is 0.976 bits per heavy atom. The molecule has 0 bridgehead atoms. The Morgan fingerprint density at radius 3 is 2.05 bits per heavy atom. The van der Waals surface area contributed by atoms with Crippen LogP contribution in [0.2, 0.25) is 0 Å². The first-order valence-corrected chi connectivity index (χ1v) is 14.0.